The van der Waals surface area contributed by atoms with Gasteiger partial charge in [-0.05, 0) is 24.3 Å². The van der Waals surface area contributed by atoms with Crippen LogP contribution in [-0.4, -0.2) is 32.2 Å². The number of carbonyl (C=O) groups is 1. The van der Waals surface area contributed by atoms with Crippen LogP contribution >= 0.6 is 0 Å². The number of nitrogens with one attached hydrogen (secondary N) is 1. The number of anilines is 1. The largest absolute Gasteiger partial charge is 0.327 e. The van der Waals surface area contributed by atoms with Gasteiger partial charge in [0.2, 0.25) is 10.0 Å². The Hall–Kier alpha value is -2.19. The maximum absolute atomic E-state index is 11.8. The summed E-state index contributed by atoms with van der Waals surface area (Å²) in [5, 5.41) is 7.58. The molecule has 2 rings (SSSR count). The number of hydrogen-bond acceptors (Lipinski definition) is 4. The van der Waals surface area contributed by atoms with Crippen molar-refractivity contribution in [2.45, 2.75) is 4.90 Å². The lowest BCUT2D eigenvalue weighted by Gasteiger charge is -2.18. The second kappa shape index (κ2) is 5.21. The summed E-state index contributed by atoms with van der Waals surface area (Å²) >= 11 is 0. The quantitative estimate of drug-likeness (QED) is 0.833. The van der Waals surface area contributed by atoms with Gasteiger partial charge in [-0.3, -0.25) is 9.89 Å². The molecule has 0 unspecified atom stereocenters. The van der Waals surface area contributed by atoms with Crippen LogP contribution in [0.15, 0.2) is 46.4 Å². The van der Waals surface area contributed by atoms with Crippen molar-refractivity contribution in [3.05, 3.63) is 36.5 Å². The Labute approximate surface area is 110 Å². The van der Waals surface area contributed by atoms with E-state index in [1.807, 2.05) is 0 Å². The van der Waals surface area contributed by atoms with E-state index in [1.54, 1.807) is 24.6 Å². The highest BCUT2D eigenvalue weighted by Crippen LogP contribution is 2.14. The smallest absolute Gasteiger partial charge is 0.307 e. The molecule has 0 aromatic heterocycles. The van der Waals surface area contributed by atoms with Crippen molar-refractivity contribution < 1.29 is 13.2 Å². The third-order valence-electron chi connectivity index (χ3n) is 2.37. The van der Waals surface area contributed by atoms with E-state index in [4.69, 9.17) is 5.14 Å². The average Bonchev–Trinajstić information content (AvgIpc) is 2.39. The van der Waals surface area contributed by atoms with E-state index in [9.17, 15) is 13.2 Å². The summed E-state index contributed by atoms with van der Waals surface area (Å²) in [7, 11) is -3.79. The topological polar surface area (TPSA) is 105 Å². The first kappa shape index (κ1) is 13.2. The number of carbonyl (C=O) groups excluding carboxylic acids is 1. The number of nitrogens with zero attached hydrogens (tertiary/aromatic N) is 2. The van der Waals surface area contributed by atoms with Gasteiger partial charge < -0.3 is 5.32 Å². The Morgan fingerprint density at radius 3 is 2.84 bits per heavy atom. The fraction of sp³-hybridized carbons (Fsp3) is 0.0909. The lowest BCUT2D eigenvalue weighted by Crippen LogP contribution is -2.31. The van der Waals surface area contributed by atoms with Crippen LogP contribution in [0.3, 0.4) is 0 Å². The molecule has 0 radical (unpaired) electrons. The molecule has 0 spiro atoms. The maximum Gasteiger partial charge on any atom is 0.327 e. The lowest BCUT2D eigenvalue weighted by atomic mass is 10.3. The molecule has 8 heteroatoms. The van der Waals surface area contributed by atoms with Crippen molar-refractivity contribution in [2.75, 3.05) is 12.0 Å². The van der Waals surface area contributed by atoms with Crippen LogP contribution in [-0.2, 0) is 10.0 Å². The summed E-state index contributed by atoms with van der Waals surface area (Å²) in [6.07, 6.45) is 4.79. The van der Waals surface area contributed by atoms with E-state index in [2.05, 4.69) is 10.3 Å². The lowest BCUT2D eigenvalue weighted by molar-refractivity contribution is 0.229. The molecule has 1 aliphatic heterocycles. The third-order valence-corrected chi connectivity index (χ3v) is 3.28. The highest BCUT2D eigenvalue weighted by Gasteiger charge is 2.13. The molecule has 0 fully saturated rings. The Kier molecular flexibility index (Phi) is 3.63. The summed E-state index contributed by atoms with van der Waals surface area (Å²) in [4.78, 5) is 17.0. The molecule has 100 valence electrons. The van der Waals surface area contributed by atoms with Crippen molar-refractivity contribution in [2.24, 2.45) is 10.1 Å². The third kappa shape index (κ3) is 3.39. The number of amides is 2. The van der Waals surface area contributed by atoms with E-state index < -0.39 is 16.1 Å². The van der Waals surface area contributed by atoms with Crippen molar-refractivity contribution in [3.8, 4) is 0 Å². The summed E-state index contributed by atoms with van der Waals surface area (Å²) in [5.74, 6) is 0. The van der Waals surface area contributed by atoms with Crippen molar-refractivity contribution >= 4 is 28.0 Å². The van der Waals surface area contributed by atoms with E-state index >= 15 is 0 Å². The highest BCUT2D eigenvalue weighted by molar-refractivity contribution is 7.89. The van der Waals surface area contributed by atoms with E-state index in [1.165, 1.54) is 23.1 Å². The summed E-state index contributed by atoms with van der Waals surface area (Å²) < 4.78 is 22.4. The molecule has 1 heterocycles. The fourth-order valence-corrected chi connectivity index (χ4v) is 2.02. The minimum Gasteiger partial charge on any atom is -0.307 e. The second-order valence-electron chi connectivity index (χ2n) is 3.79. The van der Waals surface area contributed by atoms with Gasteiger partial charge in [0.05, 0.1) is 4.90 Å². The zero-order valence-electron chi connectivity index (χ0n) is 9.85. The molecular weight excluding hydrogens is 268 g/mol. The standard InChI is InChI=1S/C11H12N4O3S/c12-19(17,18)10-4-1-3-9(7-10)14-11(16)15-6-2-5-13-8-15/h1-7H,8H2,(H,14,16)(H2,12,17,18). The van der Waals surface area contributed by atoms with E-state index in [0.717, 1.165) is 0 Å². The molecule has 0 saturated carbocycles. The number of sulfonamides is 1. The molecule has 0 atom stereocenters. The van der Waals surface area contributed by atoms with Gasteiger partial charge >= 0.3 is 6.03 Å². The number of benzene rings is 1. The number of primary sulfonamides is 1. The zero-order chi connectivity index (χ0) is 13.9. The number of urea groups is 1. The molecule has 0 aliphatic carbocycles. The summed E-state index contributed by atoms with van der Waals surface area (Å²) in [6, 6.07) is 5.32. The van der Waals surface area contributed by atoms with Crippen LogP contribution < -0.4 is 10.5 Å². The van der Waals surface area contributed by atoms with Gasteiger partial charge in [-0.15, -0.1) is 0 Å². The first-order chi connectivity index (χ1) is 8.97. The molecular formula is C11H12N4O3S. The number of allylic oxidation sites excluding steroid dienone is 1. The van der Waals surface area contributed by atoms with Crippen LogP contribution in [0.2, 0.25) is 0 Å². The maximum atomic E-state index is 11.8. The monoisotopic (exact) mass is 280 g/mol. The van der Waals surface area contributed by atoms with E-state index in [-0.39, 0.29) is 11.6 Å². The number of hydrogen-bond donors (Lipinski definition) is 2. The number of aliphatic imine (C=N–C) groups is 1. The number of rotatable bonds is 2. The van der Waals surface area contributed by atoms with Gasteiger partial charge in [-0.2, -0.15) is 0 Å². The van der Waals surface area contributed by atoms with Gasteiger partial charge in [0.25, 0.3) is 0 Å². The zero-order valence-corrected chi connectivity index (χ0v) is 10.7. The second-order valence-corrected chi connectivity index (χ2v) is 5.35. The summed E-state index contributed by atoms with van der Waals surface area (Å²) in [6.45, 7) is 0.219. The Balaban J connectivity index is 2.13. The molecule has 3 N–H and O–H groups in total. The molecule has 0 saturated heterocycles. The molecule has 1 aromatic carbocycles. The highest BCUT2D eigenvalue weighted by atomic mass is 32.2. The Bertz CT molecular complexity index is 652. The van der Waals surface area contributed by atoms with Crippen LogP contribution in [0, 0.1) is 0 Å². The first-order valence-corrected chi connectivity index (χ1v) is 6.88. The van der Waals surface area contributed by atoms with Crippen LogP contribution in [0.4, 0.5) is 10.5 Å². The van der Waals surface area contributed by atoms with Crippen LogP contribution in [0.25, 0.3) is 0 Å². The fourth-order valence-electron chi connectivity index (χ4n) is 1.46. The van der Waals surface area contributed by atoms with Crippen molar-refractivity contribution in [3.63, 3.8) is 0 Å². The van der Waals surface area contributed by atoms with Crippen LogP contribution in [0.1, 0.15) is 0 Å². The van der Waals surface area contributed by atoms with Crippen molar-refractivity contribution in [1.29, 1.82) is 0 Å². The van der Waals surface area contributed by atoms with Crippen LogP contribution in [0.5, 0.6) is 0 Å². The molecule has 1 aliphatic rings. The average molecular weight is 280 g/mol. The van der Waals surface area contributed by atoms with Gasteiger partial charge in [0.15, 0.2) is 0 Å². The summed E-state index contributed by atoms with van der Waals surface area (Å²) in [5.41, 5.74) is 0.347. The molecule has 1 aromatic rings. The number of nitrogens with two attached hydrogens (primary N) is 1. The Morgan fingerprint density at radius 2 is 2.21 bits per heavy atom. The predicted octanol–water partition coefficient (Wildman–Crippen LogP) is 0.723. The van der Waals surface area contributed by atoms with Gasteiger partial charge in [0, 0.05) is 18.1 Å². The molecule has 0 bridgehead atoms. The minimum absolute atomic E-state index is 0.0579. The van der Waals surface area contributed by atoms with Gasteiger partial charge in [0.1, 0.15) is 6.67 Å². The minimum atomic E-state index is -3.79. The van der Waals surface area contributed by atoms with Gasteiger partial charge in [-0.1, -0.05) is 6.07 Å². The molecule has 19 heavy (non-hydrogen) atoms. The van der Waals surface area contributed by atoms with E-state index in [0.29, 0.717) is 5.69 Å². The SMILES string of the molecule is NS(=O)(=O)c1cccc(NC(=O)N2C=CC=NC2)c1. The normalized spacial score (nSPS) is 14.5. The molecule has 2 amide bonds. The predicted molar refractivity (Wildman–Crippen MR) is 71.2 cm³/mol. The Morgan fingerprint density at radius 1 is 1.42 bits per heavy atom. The first-order valence-electron chi connectivity index (χ1n) is 5.34. The van der Waals surface area contributed by atoms with Gasteiger partial charge in [-0.25, -0.2) is 18.4 Å². The van der Waals surface area contributed by atoms with Crippen molar-refractivity contribution in [1.82, 2.24) is 4.90 Å². The molecule has 7 nitrogen and oxygen atoms in total.